The molecule has 45 heavy (non-hydrogen) atoms. The molecule has 0 unspecified atom stereocenters. The molecule has 0 fully saturated rings. The average molecular weight is 797 g/mol. The van der Waals surface area contributed by atoms with Crippen molar-refractivity contribution in [2.24, 2.45) is 0 Å². The minimum absolute atomic E-state index is 0. The van der Waals surface area contributed by atoms with Crippen molar-refractivity contribution in [2.75, 3.05) is 0 Å². The van der Waals surface area contributed by atoms with E-state index < -0.39 is 8.07 Å². The first kappa shape index (κ1) is 31.1. The number of thiophene rings is 1. The van der Waals surface area contributed by atoms with Crippen molar-refractivity contribution >= 4 is 66.7 Å². The van der Waals surface area contributed by atoms with Crippen molar-refractivity contribution in [1.29, 1.82) is 0 Å². The fraction of sp³-hybridized carbons (Fsp3) is 0.128. The van der Waals surface area contributed by atoms with Gasteiger partial charge in [0.1, 0.15) is 11.2 Å². The first-order valence-electron chi connectivity index (χ1n) is 14.8. The van der Waals surface area contributed by atoms with Gasteiger partial charge in [-0.3, -0.25) is 0 Å². The molecular weight excluding hydrogens is 765 g/mol. The van der Waals surface area contributed by atoms with Gasteiger partial charge in [-0.05, 0) is 63.8 Å². The summed E-state index contributed by atoms with van der Waals surface area (Å²) >= 11 is 1.81. The first-order valence-corrected chi connectivity index (χ1v) is 19.1. The molecule has 225 valence electrons. The zero-order chi connectivity index (χ0) is 30.4. The number of furan rings is 1. The minimum Gasteiger partial charge on any atom is -0.456 e. The van der Waals surface area contributed by atoms with E-state index in [0.29, 0.717) is 0 Å². The summed E-state index contributed by atoms with van der Waals surface area (Å²) in [6, 6.07) is 37.9. The molecule has 1 radical (unpaired) electrons. The van der Waals surface area contributed by atoms with Crippen LogP contribution in [0.2, 0.25) is 19.6 Å². The third-order valence-electron chi connectivity index (χ3n) is 8.04. The van der Waals surface area contributed by atoms with E-state index >= 15 is 0 Å². The van der Waals surface area contributed by atoms with Crippen LogP contribution in [0.3, 0.4) is 0 Å². The summed E-state index contributed by atoms with van der Waals surface area (Å²) in [4.78, 5) is 9.30. The molecule has 3 nitrogen and oxygen atoms in total. The fourth-order valence-electron chi connectivity index (χ4n) is 5.56. The van der Waals surface area contributed by atoms with Gasteiger partial charge in [-0.2, -0.15) is 11.3 Å². The molecule has 0 bridgehead atoms. The number of benzene rings is 4. The molecule has 0 N–H and O–H groups in total. The molecule has 0 atom stereocenters. The van der Waals surface area contributed by atoms with Crippen LogP contribution in [0.1, 0.15) is 11.1 Å². The number of pyridine rings is 2. The van der Waals surface area contributed by atoms with Crippen LogP contribution in [0.5, 0.6) is 0 Å². The van der Waals surface area contributed by atoms with E-state index in [2.05, 4.69) is 111 Å². The Kier molecular flexibility index (Phi) is 8.60. The summed E-state index contributed by atoms with van der Waals surface area (Å²) in [6.45, 7) is 11.2. The summed E-state index contributed by atoms with van der Waals surface area (Å²) in [6.07, 6.45) is 3.95. The Bertz CT molecular complexity index is 2280. The van der Waals surface area contributed by atoms with E-state index in [-0.39, 0.29) is 20.1 Å². The van der Waals surface area contributed by atoms with Crippen molar-refractivity contribution in [2.45, 2.75) is 33.5 Å². The van der Waals surface area contributed by atoms with Crippen molar-refractivity contribution in [1.82, 2.24) is 9.97 Å². The van der Waals surface area contributed by atoms with E-state index in [1.807, 2.05) is 54.1 Å². The predicted molar refractivity (Wildman–Crippen MR) is 190 cm³/mol. The van der Waals surface area contributed by atoms with Gasteiger partial charge < -0.3 is 14.4 Å². The first-order chi connectivity index (χ1) is 21.3. The van der Waals surface area contributed by atoms with E-state index in [1.165, 1.54) is 30.9 Å². The number of fused-ring (bicyclic) bond motifs is 6. The van der Waals surface area contributed by atoms with Gasteiger partial charge in [-0.15, -0.1) is 59.7 Å². The molecule has 0 spiro atoms. The van der Waals surface area contributed by atoms with Gasteiger partial charge in [0.2, 0.25) is 0 Å². The molecule has 0 saturated carbocycles. The van der Waals surface area contributed by atoms with Crippen molar-refractivity contribution in [3.8, 4) is 22.5 Å². The van der Waals surface area contributed by atoms with Crippen molar-refractivity contribution < 1.29 is 24.5 Å². The van der Waals surface area contributed by atoms with Gasteiger partial charge in [0, 0.05) is 48.0 Å². The van der Waals surface area contributed by atoms with Gasteiger partial charge in [0.05, 0.1) is 8.07 Å². The topological polar surface area (TPSA) is 38.9 Å². The normalized spacial score (nSPS) is 11.5. The minimum atomic E-state index is -1.23. The summed E-state index contributed by atoms with van der Waals surface area (Å²) in [5.74, 6) is 0. The van der Waals surface area contributed by atoms with Gasteiger partial charge >= 0.3 is 0 Å². The SMILES string of the molecule is C[Si](C)(C)c1ccc(-c2[c-]cccc2)nc1.Cc1ccc2c(c1)sc1c(-c3cc4oc5c(C)cccc5c4cn3)[c-]ccc12.[Ir]. The van der Waals surface area contributed by atoms with Crippen LogP contribution in [-0.2, 0) is 20.1 Å². The molecule has 0 aliphatic carbocycles. The largest absolute Gasteiger partial charge is 0.456 e. The second-order valence-electron chi connectivity index (χ2n) is 12.3. The number of para-hydroxylation sites is 1. The Labute approximate surface area is 282 Å². The molecule has 4 aromatic heterocycles. The maximum atomic E-state index is 6.18. The molecule has 0 saturated heterocycles. The third-order valence-corrected chi connectivity index (χ3v) is 11.3. The van der Waals surface area contributed by atoms with Gasteiger partial charge in [0.25, 0.3) is 0 Å². The summed E-state index contributed by atoms with van der Waals surface area (Å²) < 4.78 is 8.71. The van der Waals surface area contributed by atoms with Crippen LogP contribution >= 0.6 is 11.3 Å². The van der Waals surface area contributed by atoms with Crippen LogP contribution in [0.4, 0.5) is 0 Å². The summed E-state index contributed by atoms with van der Waals surface area (Å²) in [5.41, 5.74) is 8.24. The Hall–Kier alpha value is -3.93. The van der Waals surface area contributed by atoms with Crippen LogP contribution in [0, 0.1) is 26.0 Å². The third kappa shape index (κ3) is 6.04. The number of rotatable bonds is 3. The molecule has 6 heteroatoms. The zero-order valence-electron chi connectivity index (χ0n) is 25.9. The maximum Gasteiger partial charge on any atom is 0.138 e. The van der Waals surface area contributed by atoms with E-state index in [1.54, 1.807) is 0 Å². The Morgan fingerprint density at radius 1 is 0.711 bits per heavy atom. The van der Waals surface area contributed by atoms with Crippen LogP contribution in [0.25, 0.3) is 64.6 Å². The average Bonchev–Trinajstić information content (AvgIpc) is 3.60. The van der Waals surface area contributed by atoms with Gasteiger partial charge in [-0.1, -0.05) is 67.5 Å². The predicted octanol–water partition coefficient (Wildman–Crippen LogP) is 10.5. The van der Waals surface area contributed by atoms with E-state index in [4.69, 9.17) is 9.40 Å². The standard InChI is InChI=1S/C25H16NOS.C14H16NSi.Ir/c1-14-9-10-16-18-7-4-8-19(25(18)28-23(16)11-14)21-12-22-20(13-26-21)17-6-3-5-15(2)24(17)27-22;1-16(2,3)13-9-10-14(15-11-13)12-7-5-4-6-8-12;/h3-7,9-13H,1-2H3;4-7,9-11H,1-3H3;/q2*-1;. The van der Waals surface area contributed by atoms with E-state index in [0.717, 1.165) is 50.0 Å². The Morgan fingerprint density at radius 2 is 1.56 bits per heavy atom. The number of hydrogen-bond donors (Lipinski definition) is 0. The van der Waals surface area contributed by atoms with Crippen LogP contribution in [-0.4, -0.2) is 18.0 Å². The number of nitrogens with zero attached hydrogens (tertiary/aromatic N) is 2. The number of aromatic nitrogens is 2. The monoisotopic (exact) mass is 797 g/mol. The second-order valence-corrected chi connectivity index (χ2v) is 18.4. The van der Waals surface area contributed by atoms with E-state index in [9.17, 15) is 0 Å². The van der Waals surface area contributed by atoms with Gasteiger partial charge in [0.15, 0.2) is 0 Å². The van der Waals surface area contributed by atoms with Crippen LogP contribution in [0.15, 0.2) is 108 Å². The molecule has 8 rings (SSSR count). The Balaban J connectivity index is 0.000000181. The maximum absolute atomic E-state index is 6.18. The smallest absolute Gasteiger partial charge is 0.138 e. The molecule has 0 aliphatic heterocycles. The molecule has 4 heterocycles. The molecular formula is C39H32IrN2OSSi-2. The van der Waals surface area contributed by atoms with Crippen molar-refractivity contribution in [3.05, 3.63) is 127 Å². The summed E-state index contributed by atoms with van der Waals surface area (Å²) in [5, 5.41) is 6.12. The second kappa shape index (κ2) is 12.5. The van der Waals surface area contributed by atoms with Gasteiger partial charge in [-0.25, -0.2) is 0 Å². The molecule has 8 aromatic rings. The molecule has 0 amide bonds. The number of aryl methyl sites for hydroxylation is 2. The number of hydrogen-bond acceptors (Lipinski definition) is 4. The van der Waals surface area contributed by atoms with Crippen LogP contribution < -0.4 is 5.19 Å². The van der Waals surface area contributed by atoms with Crippen molar-refractivity contribution in [3.63, 3.8) is 0 Å². The fourth-order valence-corrected chi connectivity index (χ4v) is 7.90. The quantitative estimate of drug-likeness (QED) is 0.132. The molecule has 4 aromatic carbocycles. The summed E-state index contributed by atoms with van der Waals surface area (Å²) in [7, 11) is -1.23. The molecule has 0 aliphatic rings. The Morgan fingerprint density at radius 3 is 2.31 bits per heavy atom. The zero-order valence-corrected chi connectivity index (χ0v) is 30.1.